The van der Waals surface area contributed by atoms with E-state index in [9.17, 15) is 0 Å². The normalized spacial score (nSPS) is 18.5. The van der Waals surface area contributed by atoms with Crippen LogP contribution in [0.25, 0.3) is 82.7 Å². The highest BCUT2D eigenvalue weighted by atomic mass is 32.1. The molecule has 11 aromatic rings. The van der Waals surface area contributed by atoms with Crippen LogP contribution in [0, 0.1) is 0 Å². The van der Waals surface area contributed by atoms with Crippen LogP contribution in [0.5, 0.6) is 0 Å². The Kier molecular flexibility index (Phi) is 7.92. The number of hydrogen-bond donors (Lipinski definition) is 2. The summed E-state index contributed by atoms with van der Waals surface area (Å²) < 4.78 is 7.73. The summed E-state index contributed by atoms with van der Waals surface area (Å²) in [5, 5.41) is 13.0. The van der Waals surface area contributed by atoms with E-state index in [-0.39, 0.29) is 17.7 Å². The molecule has 0 saturated heterocycles. The average Bonchev–Trinajstić information content (AvgIpc) is 3.98. The molecule has 1 aliphatic heterocycles. The quantitative estimate of drug-likeness (QED) is 0.163. The maximum atomic E-state index is 2.58. The van der Waals surface area contributed by atoms with Gasteiger partial charge < -0.3 is 4.57 Å². The van der Waals surface area contributed by atoms with Gasteiger partial charge in [-0.2, -0.15) is 0 Å². The Hall–Kier alpha value is -7.02. The topological polar surface area (TPSA) is 43.1 Å². The fraction of sp³-hybridized carbons (Fsp3) is 0.0877. The first kappa shape index (κ1) is 35.7. The SMILES string of the molecule is CC1(c2ccc3c(c2)c2ccccc2n3C2[NH2+]c3ccccc3C(c3ccc(-c4ccc5c(c4)c4ccccc4n5-c4ccccc4)cc3)[NH2+]2)C=c2c(sc3ccccc23)=CC1. The van der Waals surface area contributed by atoms with Crippen molar-refractivity contribution in [2.24, 2.45) is 0 Å². The van der Waals surface area contributed by atoms with E-state index in [1.807, 2.05) is 11.3 Å². The number of nitrogens with two attached hydrogens (primary N) is 2. The Morgan fingerprint density at radius 2 is 1.21 bits per heavy atom. The molecule has 4 N–H and O–H groups in total. The Morgan fingerprint density at radius 1 is 0.565 bits per heavy atom. The van der Waals surface area contributed by atoms with Crippen molar-refractivity contribution in [2.75, 3.05) is 0 Å². The summed E-state index contributed by atoms with van der Waals surface area (Å²) in [4.78, 5) is 0. The van der Waals surface area contributed by atoms with E-state index in [1.54, 1.807) is 0 Å². The number of benzene rings is 8. The maximum Gasteiger partial charge on any atom is 0.303 e. The lowest BCUT2D eigenvalue weighted by Crippen LogP contribution is -3.08. The van der Waals surface area contributed by atoms with Gasteiger partial charge in [-0.1, -0.05) is 140 Å². The molecule has 13 rings (SSSR count). The van der Waals surface area contributed by atoms with Gasteiger partial charge in [0.2, 0.25) is 0 Å². The van der Waals surface area contributed by atoms with Crippen LogP contribution >= 0.6 is 11.3 Å². The van der Waals surface area contributed by atoms with Gasteiger partial charge in [-0.3, -0.25) is 5.32 Å². The van der Waals surface area contributed by atoms with Crippen molar-refractivity contribution in [1.29, 1.82) is 0 Å². The zero-order valence-corrected chi connectivity index (χ0v) is 35.2. The van der Waals surface area contributed by atoms with Crippen LogP contribution in [-0.2, 0) is 5.41 Å². The first-order chi connectivity index (χ1) is 30.6. The van der Waals surface area contributed by atoms with E-state index in [2.05, 4.69) is 227 Å². The number of nitrogens with zero attached hydrogens (tertiary/aromatic N) is 2. The third kappa shape index (κ3) is 5.46. The summed E-state index contributed by atoms with van der Waals surface area (Å²) >= 11 is 1.91. The van der Waals surface area contributed by atoms with Gasteiger partial charge >= 0.3 is 6.29 Å². The Bertz CT molecular complexity index is 3700. The Morgan fingerprint density at radius 3 is 2.06 bits per heavy atom. The first-order valence-corrected chi connectivity index (χ1v) is 22.6. The van der Waals surface area contributed by atoms with Crippen molar-refractivity contribution in [3.05, 3.63) is 214 Å². The minimum atomic E-state index is -0.0969. The van der Waals surface area contributed by atoms with Crippen LogP contribution in [0.1, 0.15) is 42.4 Å². The summed E-state index contributed by atoms with van der Waals surface area (Å²) in [7, 11) is 0. The Balaban J connectivity index is 0.873. The zero-order chi connectivity index (χ0) is 40.9. The van der Waals surface area contributed by atoms with Crippen molar-refractivity contribution in [3.8, 4) is 16.8 Å². The summed E-state index contributed by atoms with van der Waals surface area (Å²) in [6, 6.07) is 70.0. The summed E-state index contributed by atoms with van der Waals surface area (Å²) in [5.41, 5.74) is 13.9. The molecule has 0 saturated carbocycles. The van der Waals surface area contributed by atoms with Gasteiger partial charge in [0.15, 0.2) is 0 Å². The van der Waals surface area contributed by atoms with E-state index in [0.29, 0.717) is 0 Å². The van der Waals surface area contributed by atoms with Gasteiger partial charge in [-0.25, -0.2) is 9.88 Å². The van der Waals surface area contributed by atoms with E-state index >= 15 is 0 Å². The third-order valence-corrected chi connectivity index (χ3v) is 15.0. The molecule has 8 aromatic carbocycles. The predicted octanol–water partition coefficient (Wildman–Crippen LogP) is 10.7. The molecule has 3 atom stereocenters. The van der Waals surface area contributed by atoms with Crippen molar-refractivity contribution < 1.29 is 10.6 Å². The lowest BCUT2D eigenvalue weighted by Gasteiger charge is -2.29. The van der Waals surface area contributed by atoms with Crippen LogP contribution in [0.2, 0.25) is 0 Å². The number of hydrogen-bond acceptors (Lipinski definition) is 1. The minimum Gasteiger partial charge on any atom is -0.309 e. The summed E-state index contributed by atoms with van der Waals surface area (Å²) in [6.45, 7) is 2.41. The largest absolute Gasteiger partial charge is 0.309 e. The molecule has 4 heterocycles. The second kappa shape index (κ2) is 13.7. The number of rotatable bonds is 5. The van der Waals surface area contributed by atoms with Crippen LogP contribution in [-0.4, -0.2) is 9.13 Å². The molecule has 3 aromatic heterocycles. The second-order valence-corrected chi connectivity index (χ2v) is 18.5. The maximum absolute atomic E-state index is 2.58. The van der Waals surface area contributed by atoms with Gasteiger partial charge in [0.1, 0.15) is 11.7 Å². The minimum absolute atomic E-state index is 0.0667. The first-order valence-electron chi connectivity index (χ1n) is 21.8. The van der Waals surface area contributed by atoms with Crippen LogP contribution < -0.4 is 20.4 Å². The lowest BCUT2D eigenvalue weighted by atomic mass is 9.76. The molecule has 5 heteroatoms. The highest BCUT2D eigenvalue weighted by Crippen LogP contribution is 2.39. The molecule has 0 bridgehead atoms. The van der Waals surface area contributed by atoms with Crippen LogP contribution in [0.15, 0.2) is 188 Å². The van der Waals surface area contributed by atoms with Crippen molar-refractivity contribution in [2.45, 2.75) is 31.1 Å². The molecule has 0 fully saturated rings. The Labute approximate surface area is 363 Å². The molecule has 62 heavy (non-hydrogen) atoms. The zero-order valence-electron chi connectivity index (χ0n) is 34.4. The highest BCUT2D eigenvalue weighted by Gasteiger charge is 2.37. The lowest BCUT2D eigenvalue weighted by molar-refractivity contribution is -0.924. The van der Waals surface area contributed by atoms with Crippen molar-refractivity contribution >= 4 is 82.9 Å². The van der Waals surface area contributed by atoms with E-state index < -0.39 is 0 Å². The molecule has 2 aliphatic rings. The van der Waals surface area contributed by atoms with Crippen molar-refractivity contribution in [1.82, 2.24) is 9.13 Å². The number of fused-ring (bicyclic) bond motifs is 10. The summed E-state index contributed by atoms with van der Waals surface area (Å²) in [5.74, 6) is 0. The number of thiophene rings is 1. The molecule has 1 aliphatic carbocycles. The molecule has 0 amide bonds. The fourth-order valence-corrected chi connectivity index (χ4v) is 11.9. The van der Waals surface area contributed by atoms with Crippen LogP contribution in [0.3, 0.4) is 0 Å². The smallest absolute Gasteiger partial charge is 0.303 e. The monoisotopic (exact) mass is 816 g/mol. The van der Waals surface area contributed by atoms with E-state index in [0.717, 1.165) is 6.42 Å². The average molecular weight is 817 g/mol. The molecule has 3 unspecified atom stereocenters. The molecule has 296 valence electrons. The predicted molar refractivity (Wildman–Crippen MR) is 258 cm³/mol. The number of quaternary nitrogens is 2. The van der Waals surface area contributed by atoms with Gasteiger partial charge in [0.05, 0.1) is 27.6 Å². The van der Waals surface area contributed by atoms with Gasteiger partial charge in [0.25, 0.3) is 0 Å². The number of para-hydroxylation sites is 4. The highest BCUT2D eigenvalue weighted by molar-refractivity contribution is 7.17. The summed E-state index contributed by atoms with van der Waals surface area (Å²) in [6.07, 6.45) is 6.07. The molecule has 4 nitrogen and oxygen atoms in total. The van der Waals surface area contributed by atoms with Gasteiger partial charge in [-0.05, 0) is 95.1 Å². The van der Waals surface area contributed by atoms with Crippen LogP contribution in [0.4, 0.5) is 5.69 Å². The standard InChI is InChI=1S/C57H42N4S/c1-57(32-31-54-47(35-57)43-17-8-12-22-53(43)62-54)39-28-30-52-46(34-39)42-16-7-11-21-50(42)61(52)56-58-48-19-9-5-18-44(48)55(59-56)37-25-23-36(24-26-37)38-27-29-51-45(33-38)41-15-6-10-20-49(41)60(51)40-13-3-2-4-14-40/h2-31,33-35,55-56,58-59H,32H2,1H3/p+2. The third-order valence-electron chi connectivity index (χ3n) is 13.9. The molecule has 0 spiro atoms. The number of aromatic nitrogens is 2. The van der Waals surface area contributed by atoms with Gasteiger partial charge in [-0.15, -0.1) is 11.3 Å². The van der Waals surface area contributed by atoms with Gasteiger partial charge in [0, 0.05) is 52.8 Å². The molecular weight excluding hydrogens is 773 g/mol. The van der Waals surface area contributed by atoms with Crippen molar-refractivity contribution in [3.63, 3.8) is 0 Å². The van der Waals surface area contributed by atoms with E-state index in [1.165, 1.54) is 103 Å². The fourth-order valence-electron chi connectivity index (χ4n) is 10.8. The molecular formula is C57H44N4S+2. The second-order valence-electron chi connectivity index (χ2n) is 17.5. The molecule has 0 radical (unpaired) electrons. The van der Waals surface area contributed by atoms with E-state index in [4.69, 9.17) is 0 Å².